The number of nitrogens with two attached hydrogens (primary N) is 1. The smallest absolute Gasteiger partial charge is 0.361 e. The van der Waals surface area contributed by atoms with Gasteiger partial charge in [0.2, 0.25) is 0 Å². The predicted octanol–water partition coefficient (Wildman–Crippen LogP) is 0.293. The first-order valence-electron chi connectivity index (χ1n) is 5.41. The van der Waals surface area contributed by atoms with Gasteiger partial charge in [-0.3, -0.25) is 0 Å². The Bertz CT molecular complexity index is 657. The molecule has 19 heavy (non-hydrogen) atoms. The minimum absolute atomic E-state index is 0.0172. The summed E-state index contributed by atoms with van der Waals surface area (Å²) in [4.78, 5) is 11.6. The molecule has 0 bridgehead atoms. The number of nitriles is 1. The first kappa shape index (κ1) is 12.5. The van der Waals surface area contributed by atoms with E-state index in [1.165, 1.54) is 23.1 Å². The molecule has 0 atom stereocenters. The Hall–Kier alpha value is -2.95. The number of ether oxygens (including phenoxy) is 1. The molecule has 0 aromatic carbocycles. The zero-order valence-corrected chi connectivity index (χ0v) is 10.1. The van der Waals surface area contributed by atoms with Gasteiger partial charge in [-0.25, -0.2) is 9.48 Å². The Morgan fingerprint density at radius 3 is 3.11 bits per heavy atom. The number of carbonyl (C=O) groups excluding carboxylic acids is 1. The Labute approximate surface area is 108 Å². The lowest BCUT2D eigenvalue weighted by Crippen LogP contribution is -2.09. The molecule has 0 unspecified atom stereocenters. The molecule has 2 N–H and O–H groups in total. The molecule has 2 rings (SSSR count). The molecule has 0 aliphatic heterocycles. The Kier molecular flexibility index (Phi) is 3.38. The second-order valence-corrected chi connectivity index (χ2v) is 3.48. The van der Waals surface area contributed by atoms with Gasteiger partial charge in [-0.15, -0.1) is 5.10 Å². The number of carbonyl (C=O) groups is 1. The summed E-state index contributed by atoms with van der Waals surface area (Å²) >= 11 is 0. The molecule has 2 aromatic rings. The van der Waals surface area contributed by atoms with Gasteiger partial charge in [0, 0.05) is 0 Å². The number of anilines is 1. The average Bonchev–Trinajstić information content (AvgIpc) is 2.81. The van der Waals surface area contributed by atoms with E-state index < -0.39 is 5.97 Å². The van der Waals surface area contributed by atoms with Gasteiger partial charge < -0.3 is 10.5 Å². The van der Waals surface area contributed by atoms with Crippen molar-refractivity contribution in [1.29, 1.82) is 5.26 Å². The highest BCUT2D eigenvalue weighted by atomic mass is 16.5. The Morgan fingerprint density at radius 1 is 1.63 bits per heavy atom. The van der Waals surface area contributed by atoms with Crippen LogP contribution in [0.2, 0.25) is 0 Å². The molecule has 0 saturated carbocycles. The average molecular weight is 258 g/mol. The van der Waals surface area contributed by atoms with Gasteiger partial charge in [-0.1, -0.05) is 0 Å². The van der Waals surface area contributed by atoms with Crippen molar-refractivity contribution in [1.82, 2.24) is 20.0 Å². The van der Waals surface area contributed by atoms with Crippen molar-refractivity contribution in [3.63, 3.8) is 0 Å². The molecule has 0 amide bonds. The summed E-state index contributed by atoms with van der Waals surface area (Å²) in [5.41, 5.74) is 6.09. The minimum Gasteiger partial charge on any atom is -0.461 e. The highest BCUT2D eigenvalue weighted by Crippen LogP contribution is 2.15. The van der Waals surface area contributed by atoms with E-state index in [4.69, 9.17) is 15.7 Å². The van der Waals surface area contributed by atoms with E-state index in [1.807, 2.05) is 6.07 Å². The topological polar surface area (TPSA) is 120 Å². The summed E-state index contributed by atoms with van der Waals surface area (Å²) in [7, 11) is 0. The normalized spacial score (nSPS) is 9.89. The third-order valence-electron chi connectivity index (χ3n) is 2.25. The SMILES string of the molecule is CCOC(=O)c1nn(-c2nnccc2C#N)cc1N. The highest BCUT2D eigenvalue weighted by Gasteiger charge is 2.18. The first-order chi connectivity index (χ1) is 9.17. The van der Waals surface area contributed by atoms with Crippen molar-refractivity contribution in [2.24, 2.45) is 0 Å². The molecular formula is C11H10N6O2. The lowest BCUT2D eigenvalue weighted by Gasteiger charge is -2.00. The second-order valence-electron chi connectivity index (χ2n) is 3.48. The summed E-state index contributed by atoms with van der Waals surface area (Å²) in [6, 6.07) is 3.45. The standard InChI is InChI=1S/C11H10N6O2/c1-2-19-11(18)9-8(13)6-17(16-9)10-7(5-12)3-4-14-15-10/h3-4,6H,2,13H2,1H3. The van der Waals surface area contributed by atoms with Crippen LogP contribution in [0.5, 0.6) is 0 Å². The van der Waals surface area contributed by atoms with Gasteiger partial charge in [-0.05, 0) is 13.0 Å². The second kappa shape index (κ2) is 5.14. The number of nitrogen functional groups attached to an aromatic ring is 1. The quantitative estimate of drug-likeness (QED) is 0.785. The lowest BCUT2D eigenvalue weighted by molar-refractivity contribution is 0.0520. The number of hydrogen-bond donors (Lipinski definition) is 1. The fraction of sp³-hybridized carbons (Fsp3) is 0.182. The molecule has 2 aromatic heterocycles. The van der Waals surface area contributed by atoms with Crippen LogP contribution in [-0.2, 0) is 4.74 Å². The maximum atomic E-state index is 11.6. The molecule has 0 aliphatic rings. The maximum Gasteiger partial charge on any atom is 0.361 e. The van der Waals surface area contributed by atoms with Crippen LogP contribution in [0, 0.1) is 11.3 Å². The van der Waals surface area contributed by atoms with Crippen molar-refractivity contribution in [3.05, 3.63) is 29.7 Å². The van der Waals surface area contributed by atoms with Crippen molar-refractivity contribution in [2.45, 2.75) is 6.92 Å². The molecule has 0 spiro atoms. The summed E-state index contributed by atoms with van der Waals surface area (Å²) in [5, 5.41) is 20.4. The van der Waals surface area contributed by atoms with Crippen molar-refractivity contribution >= 4 is 11.7 Å². The third kappa shape index (κ3) is 2.35. The molecule has 0 radical (unpaired) electrons. The van der Waals surface area contributed by atoms with E-state index in [0.29, 0.717) is 0 Å². The molecule has 0 saturated heterocycles. The molecule has 0 aliphatic carbocycles. The Balaban J connectivity index is 2.45. The van der Waals surface area contributed by atoms with Crippen molar-refractivity contribution < 1.29 is 9.53 Å². The van der Waals surface area contributed by atoms with E-state index in [1.54, 1.807) is 6.92 Å². The molecule has 96 valence electrons. The van der Waals surface area contributed by atoms with E-state index in [0.717, 1.165) is 0 Å². The van der Waals surface area contributed by atoms with E-state index in [9.17, 15) is 4.79 Å². The number of nitrogens with zero attached hydrogens (tertiary/aromatic N) is 5. The van der Waals surface area contributed by atoms with Crippen molar-refractivity contribution in [3.8, 4) is 11.9 Å². The molecule has 8 nitrogen and oxygen atoms in total. The van der Waals surface area contributed by atoms with E-state index >= 15 is 0 Å². The number of rotatable bonds is 3. The first-order valence-corrected chi connectivity index (χ1v) is 5.41. The van der Waals surface area contributed by atoms with Crippen LogP contribution >= 0.6 is 0 Å². The number of esters is 1. The molecule has 2 heterocycles. The minimum atomic E-state index is -0.624. The van der Waals surface area contributed by atoms with Gasteiger partial charge >= 0.3 is 5.97 Å². The van der Waals surface area contributed by atoms with Crippen LogP contribution in [0.4, 0.5) is 5.69 Å². The molecule has 8 heteroatoms. The summed E-state index contributed by atoms with van der Waals surface area (Å²) in [6.07, 6.45) is 2.78. The largest absolute Gasteiger partial charge is 0.461 e. The lowest BCUT2D eigenvalue weighted by atomic mass is 10.3. The van der Waals surface area contributed by atoms with E-state index in [2.05, 4.69) is 15.3 Å². The predicted molar refractivity (Wildman–Crippen MR) is 64.2 cm³/mol. The van der Waals surface area contributed by atoms with Crippen LogP contribution in [-0.4, -0.2) is 32.6 Å². The number of aromatic nitrogens is 4. The Morgan fingerprint density at radius 2 is 2.42 bits per heavy atom. The maximum absolute atomic E-state index is 11.6. The third-order valence-corrected chi connectivity index (χ3v) is 2.25. The van der Waals surface area contributed by atoms with Gasteiger partial charge in [0.15, 0.2) is 11.5 Å². The van der Waals surface area contributed by atoms with Crippen molar-refractivity contribution in [2.75, 3.05) is 12.3 Å². The van der Waals surface area contributed by atoms with Crippen LogP contribution in [0.3, 0.4) is 0 Å². The summed E-state index contributed by atoms with van der Waals surface area (Å²) < 4.78 is 6.05. The fourth-order valence-corrected chi connectivity index (χ4v) is 1.43. The van der Waals surface area contributed by atoms with E-state index in [-0.39, 0.29) is 29.4 Å². The summed E-state index contributed by atoms with van der Waals surface area (Å²) in [6.45, 7) is 1.90. The molecule has 0 fully saturated rings. The van der Waals surface area contributed by atoms with Gasteiger partial charge in [0.05, 0.1) is 24.7 Å². The summed E-state index contributed by atoms with van der Waals surface area (Å²) in [5.74, 6) is -0.423. The van der Waals surface area contributed by atoms with Crippen LogP contribution < -0.4 is 5.73 Å². The van der Waals surface area contributed by atoms with Crippen LogP contribution in [0.25, 0.3) is 5.82 Å². The van der Waals surface area contributed by atoms with Gasteiger partial charge in [-0.2, -0.15) is 15.5 Å². The van der Waals surface area contributed by atoms with Gasteiger partial charge in [0.25, 0.3) is 0 Å². The van der Waals surface area contributed by atoms with Gasteiger partial charge in [0.1, 0.15) is 11.6 Å². The zero-order chi connectivity index (χ0) is 13.8. The number of hydrogen-bond acceptors (Lipinski definition) is 7. The van der Waals surface area contributed by atoms with Crippen LogP contribution in [0.15, 0.2) is 18.5 Å². The fourth-order valence-electron chi connectivity index (χ4n) is 1.43. The zero-order valence-electron chi connectivity index (χ0n) is 10.1. The highest BCUT2D eigenvalue weighted by molar-refractivity contribution is 5.92. The molecular weight excluding hydrogens is 248 g/mol. The van der Waals surface area contributed by atoms with Crippen LogP contribution in [0.1, 0.15) is 23.0 Å². The monoisotopic (exact) mass is 258 g/mol.